The number of rotatable bonds is 5. The van der Waals surface area contributed by atoms with E-state index in [0.29, 0.717) is 23.3 Å². The SMILES string of the molecule is Cc1oc(-c2ccccc2)nc1CC(=O)N(C)C[C@@H]1CCOC1. The fraction of sp³-hybridized carbons (Fsp3) is 0.444. The van der Waals surface area contributed by atoms with Gasteiger partial charge in [0.05, 0.1) is 18.7 Å². The van der Waals surface area contributed by atoms with Crippen LogP contribution in [0.5, 0.6) is 0 Å². The molecular formula is C18H22N2O3. The lowest BCUT2D eigenvalue weighted by Crippen LogP contribution is -2.33. The highest BCUT2D eigenvalue weighted by atomic mass is 16.5. The first-order valence-corrected chi connectivity index (χ1v) is 7.97. The number of amides is 1. The van der Waals surface area contributed by atoms with E-state index in [-0.39, 0.29) is 12.3 Å². The molecule has 1 aromatic heterocycles. The molecule has 23 heavy (non-hydrogen) atoms. The molecule has 0 spiro atoms. The van der Waals surface area contributed by atoms with Crippen molar-refractivity contribution in [2.75, 3.05) is 26.8 Å². The third kappa shape index (κ3) is 3.79. The van der Waals surface area contributed by atoms with Crippen LogP contribution in [0.2, 0.25) is 0 Å². The summed E-state index contributed by atoms with van der Waals surface area (Å²) in [5.41, 5.74) is 1.63. The van der Waals surface area contributed by atoms with Gasteiger partial charge in [-0.2, -0.15) is 0 Å². The van der Waals surface area contributed by atoms with E-state index >= 15 is 0 Å². The molecule has 0 radical (unpaired) electrons. The van der Waals surface area contributed by atoms with Crippen molar-refractivity contribution in [2.45, 2.75) is 19.8 Å². The molecule has 3 rings (SSSR count). The Morgan fingerprint density at radius 2 is 2.13 bits per heavy atom. The maximum absolute atomic E-state index is 12.4. The van der Waals surface area contributed by atoms with Gasteiger partial charge in [-0.05, 0) is 25.5 Å². The molecule has 1 fully saturated rings. The van der Waals surface area contributed by atoms with Gasteiger partial charge in [0, 0.05) is 31.7 Å². The van der Waals surface area contributed by atoms with Crippen LogP contribution >= 0.6 is 0 Å². The van der Waals surface area contributed by atoms with Crippen LogP contribution in [0.3, 0.4) is 0 Å². The normalized spacial score (nSPS) is 17.4. The van der Waals surface area contributed by atoms with Crippen molar-refractivity contribution in [3.63, 3.8) is 0 Å². The van der Waals surface area contributed by atoms with E-state index < -0.39 is 0 Å². The lowest BCUT2D eigenvalue weighted by atomic mass is 10.1. The van der Waals surface area contributed by atoms with E-state index in [1.807, 2.05) is 44.3 Å². The Morgan fingerprint density at radius 3 is 2.83 bits per heavy atom. The number of ether oxygens (including phenoxy) is 1. The van der Waals surface area contributed by atoms with Crippen molar-refractivity contribution in [2.24, 2.45) is 5.92 Å². The minimum Gasteiger partial charge on any atom is -0.441 e. The van der Waals surface area contributed by atoms with Gasteiger partial charge in [0.1, 0.15) is 5.76 Å². The fourth-order valence-electron chi connectivity index (χ4n) is 2.79. The minimum atomic E-state index is 0.0629. The van der Waals surface area contributed by atoms with Gasteiger partial charge in [-0.3, -0.25) is 4.79 Å². The second kappa shape index (κ2) is 6.96. The van der Waals surface area contributed by atoms with Crippen LogP contribution in [0, 0.1) is 12.8 Å². The molecule has 1 aromatic carbocycles. The lowest BCUT2D eigenvalue weighted by Gasteiger charge is -2.20. The maximum atomic E-state index is 12.4. The highest BCUT2D eigenvalue weighted by molar-refractivity contribution is 5.78. The lowest BCUT2D eigenvalue weighted by molar-refractivity contribution is -0.129. The highest BCUT2D eigenvalue weighted by Gasteiger charge is 2.22. The number of aromatic nitrogens is 1. The Hall–Kier alpha value is -2.14. The molecule has 1 aliphatic rings. The predicted octanol–water partition coefficient (Wildman–Crippen LogP) is 2.69. The van der Waals surface area contributed by atoms with E-state index in [4.69, 9.17) is 9.15 Å². The highest BCUT2D eigenvalue weighted by Crippen LogP contribution is 2.22. The third-order valence-electron chi connectivity index (χ3n) is 4.21. The first-order valence-electron chi connectivity index (χ1n) is 7.97. The molecule has 1 saturated heterocycles. The monoisotopic (exact) mass is 314 g/mol. The molecule has 1 aliphatic heterocycles. The second-order valence-corrected chi connectivity index (χ2v) is 6.07. The minimum absolute atomic E-state index is 0.0629. The zero-order chi connectivity index (χ0) is 16.2. The van der Waals surface area contributed by atoms with Gasteiger partial charge < -0.3 is 14.1 Å². The zero-order valence-corrected chi connectivity index (χ0v) is 13.6. The fourth-order valence-corrected chi connectivity index (χ4v) is 2.79. The second-order valence-electron chi connectivity index (χ2n) is 6.07. The molecule has 5 heteroatoms. The standard InChI is InChI=1S/C18H22N2O3/c1-13-16(19-18(23-13)15-6-4-3-5-7-15)10-17(21)20(2)11-14-8-9-22-12-14/h3-7,14H,8-12H2,1-2H3/t14-/m0/s1. The van der Waals surface area contributed by atoms with E-state index in [1.165, 1.54) is 0 Å². The van der Waals surface area contributed by atoms with Crippen LogP contribution in [0.25, 0.3) is 11.5 Å². The maximum Gasteiger partial charge on any atom is 0.228 e. The molecule has 2 aromatic rings. The predicted molar refractivity (Wildman–Crippen MR) is 86.9 cm³/mol. The van der Waals surface area contributed by atoms with Crippen LogP contribution < -0.4 is 0 Å². The van der Waals surface area contributed by atoms with Crippen molar-refractivity contribution in [3.05, 3.63) is 41.8 Å². The van der Waals surface area contributed by atoms with E-state index in [9.17, 15) is 4.79 Å². The van der Waals surface area contributed by atoms with Crippen LogP contribution in [0.4, 0.5) is 0 Å². The Kier molecular flexibility index (Phi) is 4.76. The summed E-state index contributed by atoms with van der Waals surface area (Å²) in [5, 5.41) is 0. The largest absolute Gasteiger partial charge is 0.441 e. The first kappa shape index (κ1) is 15.7. The van der Waals surface area contributed by atoms with E-state index in [0.717, 1.165) is 31.7 Å². The molecular weight excluding hydrogens is 292 g/mol. The van der Waals surface area contributed by atoms with Gasteiger partial charge >= 0.3 is 0 Å². The van der Waals surface area contributed by atoms with Gasteiger partial charge in [-0.15, -0.1) is 0 Å². The Morgan fingerprint density at radius 1 is 1.35 bits per heavy atom. The Balaban J connectivity index is 1.65. The molecule has 2 heterocycles. The number of aryl methyl sites for hydroxylation is 1. The van der Waals surface area contributed by atoms with Crippen LogP contribution in [0.15, 0.2) is 34.7 Å². The first-order chi connectivity index (χ1) is 11.1. The quantitative estimate of drug-likeness (QED) is 0.851. The van der Waals surface area contributed by atoms with Gasteiger partial charge in [0.25, 0.3) is 0 Å². The molecule has 122 valence electrons. The number of carbonyl (C=O) groups excluding carboxylic acids is 1. The summed E-state index contributed by atoms with van der Waals surface area (Å²) in [6.45, 7) is 4.14. The molecule has 1 atom stereocenters. The molecule has 0 bridgehead atoms. The Bertz CT molecular complexity index is 660. The van der Waals surface area contributed by atoms with Crippen molar-refractivity contribution < 1.29 is 13.9 Å². The van der Waals surface area contributed by atoms with Crippen molar-refractivity contribution >= 4 is 5.91 Å². The smallest absolute Gasteiger partial charge is 0.228 e. The Labute approximate surface area is 136 Å². The van der Waals surface area contributed by atoms with Crippen molar-refractivity contribution in [1.82, 2.24) is 9.88 Å². The topological polar surface area (TPSA) is 55.6 Å². The van der Waals surface area contributed by atoms with Crippen LogP contribution in [-0.4, -0.2) is 42.6 Å². The summed E-state index contributed by atoms with van der Waals surface area (Å²) in [6, 6.07) is 9.73. The summed E-state index contributed by atoms with van der Waals surface area (Å²) >= 11 is 0. The number of carbonyl (C=O) groups is 1. The average molecular weight is 314 g/mol. The van der Waals surface area contributed by atoms with E-state index in [1.54, 1.807) is 4.90 Å². The molecule has 0 saturated carbocycles. The number of oxazole rings is 1. The molecule has 0 N–H and O–H groups in total. The number of hydrogen-bond donors (Lipinski definition) is 0. The van der Waals surface area contributed by atoms with Crippen molar-refractivity contribution in [1.29, 1.82) is 0 Å². The summed E-state index contributed by atoms with van der Waals surface area (Å²) in [5.74, 6) is 1.78. The number of hydrogen-bond acceptors (Lipinski definition) is 4. The zero-order valence-electron chi connectivity index (χ0n) is 13.6. The number of likely N-dealkylation sites (N-methyl/N-ethyl adjacent to an activating group) is 1. The van der Waals surface area contributed by atoms with Gasteiger partial charge in [0.2, 0.25) is 11.8 Å². The molecule has 0 aliphatic carbocycles. The van der Waals surface area contributed by atoms with Crippen LogP contribution in [-0.2, 0) is 16.0 Å². The summed E-state index contributed by atoms with van der Waals surface area (Å²) in [4.78, 5) is 18.7. The van der Waals surface area contributed by atoms with Crippen LogP contribution in [0.1, 0.15) is 17.9 Å². The van der Waals surface area contributed by atoms with Gasteiger partial charge in [0.15, 0.2) is 0 Å². The van der Waals surface area contributed by atoms with Gasteiger partial charge in [-0.25, -0.2) is 4.98 Å². The third-order valence-corrected chi connectivity index (χ3v) is 4.21. The van der Waals surface area contributed by atoms with Crippen molar-refractivity contribution in [3.8, 4) is 11.5 Å². The summed E-state index contributed by atoms with van der Waals surface area (Å²) in [6.07, 6.45) is 1.30. The molecule has 0 unspecified atom stereocenters. The van der Waals surface area contributed by atoms with E-state index in [2.05, 4.69) is 4.98 Å². The average Bonchev–Trinajstić information content (AvgIpc) is 3.18. The number of benzene rings is 1. The van der Waals surface area contributed by atoms with Gasteiger partial charge in [-0.1, -0.05) is 18.2 Å². The molecule has 5 nitrogen and oxygen atoms in total. The summed E-state index contributed by atoms with van der Waals surface area (Å²) in [7, 11) is 1.84. The number of nitrogens with zero attached hydrogens (tertiary/aromatic N) is 2. The molecule has 1 amide bonds. The summed E-state index contributed by atoms with van der Waals surface area (Å²) < 4.78 is 11.1.